The van der Waals surface area contributed by atoms with E-state index in [9.17, 15) is 14.0 Å². The lowest BCUT2D eigenvalue weighted by atomic mass is 10.1. The molecule has 0 aromatic heterocycles. The van der Waals surface area contributed by atoms with Crippen molar-refractivity contribution in [1.82, 2.24) is 5.32 Å². The quantitative estimate of drug-likeness (QED) is 0.886. The Morgan fingerprint density at radius 3 is 2.68 bits per heavy atom. The van der Waals surface area contributed by atoms with Gasteiger partial charge in [-0.1, -0.05) is 0 Å². The van der Waals surface area contributed by atoms with Crippen LogP contribution in [0.25, 0.3) is 0 Å². The largest absolute Gasteiger partial charge is 0.371 e. The van der Waals surface area contributed by atoms with Crippen molar-refractivity contribution in [1.29, 1.82) is 0 Å². The van der Waals surface area contributed by atoms with Crippen LogP contribution in [-0.2, 0) is 11.2 Å². The third-order valence-corrected chi connectivity index (χ3v) is 5.65. The molecule has 0 bridgehead atoms. The number of amides is 2. The Morgan fingerprint density at radius 2 is 1.93 bits per heavy atom. The minimum atomic E-state index is -0.229. The first-order valence-corrected chi connectivity index (χ1v) is 9.71. The van der Waals surface area contributed by atoms with Crippen LogP contribution >= 0.6 is 0 Å². The van der Waals surface area contributed by atoms with Crippen molar-refractivity contribution >= 4 is 23.2 Å². The number of fused-ring (bicyclic) bond motifs is 1. The van der Waals surface area contributed by atoms with Gasteiger partial charge in [0.15, 0.2) is 0 Å². The molecule has 0 spiro atoms. The van der Waals surface area contributed by atoms with Crippen LogP contribution in [0.4, 0.5) is 15.8 Å². The molecule has 0 aliphatic carbocycles. The van der Waals surface area contributed by atoms with E-state index in [1.165, 1.54) is 12.1 Å². The van der Waals surface area contributed by atoms with E-state index >= 15 is 0 Å². The van der Waals surface area contributed by atoms with Crippen molar-refractivity contribution in [2.24, 2.45) is 5.92 Å². The van der Waals surface area contributed by atoms with E-state index in [0.717, 1.165) is 42.9 Å². The highest BCUT2D eigenvalue weighted by Crippen LogP contribution is 2.29. The molecule has 2 aliphatic heterocycles. The maximum absolute atomic E-state index is 13.1. The van der Waals surface area contributed by atoms with E-state index in [1.54, 1.807) is 30.0 Å². The van der Waals surface area contributed by atoms with Gasteiger partial charge in [-0.2, -0.15) is 0 Å². The molecule has 2 aliphatic rings. The lowest BCUT2D eigenvalue weighted by Crippen LogP contribution is -2.31. The molecule has 2 heterocycles. The first-order valence-electron chi connectivity index (χ1n) is 9.71. The second kappa shape index (κ2) is 7.62. The lowest BCUT2D eigenvalue weighted by Gasteiger charge is -2.19. The Balaban J connectivity index is 1.33. The van der Waals surface area contributed by atoms with Crippen LogP contribution < -0.4 is 15.1 Å². The van der Waals surface area contributed by atoms with Gasteiger partial charge < -0.3 is 15.1 Å². The molecule has 0 radical (unpaired) electrons. The summed E-state index contributed by atoms with van der Waals surface area (Å²) < 4.78 is 13.1. The predicted octanol–water partition coefficient (Wildman–Crippen LogP) is 2.99. The topological polar surface area (TPSA) is 52.7 Å². The zero-order valence-electron chi connectivity index (χ0n) is 16.0. The minimum absolute atomic E-state index is 0.0305. The molecule has 28 heavy (non-hydrogen) atoms. The molecule has 1 unspecified atom stereocenters. The molecule has 1 atom stereocenters. The Hall–Kier alpha value is -2.89. The summed E-state index contributed by atoms with van der Waals surface area (Å²) in [7, 11) is 0. The maximum Gasteiger partial charge on any atom is 0.251 e. The number of benzene rings is 2. The third-order valence-electron chi connectivity index (χ3n) is 5.65. The van der Waals surface area contributed by atoms with Gasteiger partial charge in [0, 0.05) is 50.0 Å². The average Bonchev–Trinajstić information content (AvgIpc) is 3.33. The van der Waals surface area contributed by atoms with Crippen molar-refractivity contribution in [3.63, 3.8) is 0 Å². The zero-order chi connectivity index (χ0) is 19.7. The van der Waals surface area contributed by atoms with E-state index < -0.39 is 0 Å². The molecule has 5 nitrogen and oxygen atoms in total. The second-order valence-corrected chi connectivity index (χ2v) is 7.55. The molecule has 1 saturated heterocycles. The van der Waals surface area contributed by atoms with Crippen LogP contribution in [0.15, 0.2) is 42.5 Å². The monoisotopic (exact) mass is 381 g/mol. The summed E-state index contributed by atoms with van der Waals surface area (Å²) in [6, 6.07) is 12.1. The third kappa shape index (κ3) is 3.72. The van der Waals surface area contributed by atoms with Crippen LogP contribution in [0, 0.1) is 11.7 Å². The summed E-state index contributed by atoms with van der Waals surface area (Å²) in [4.78, 5) is 28.2. The van der Waals surface area contributed by atoms with Gasteiger partial charge in [0.2, 0.25) is 5.91 Å². The van der Waals surface area contributed by atoms with Gasteiger partial charge in [-0.05, 0) is 66.8 Å². The van der Waals surface area contributed by atoms with Crippen LogP contribution in [0.2, 0.25) is 0 Å². The zero-order valence-corrected chi connectivity index (χ0v) is 16.0. The number of hydrogen-bond acceptors (Lipinski definition) is 3. The van der Waals surface area contributed by atoms with E-state index in [-0.39, 0.29) is 17.6 Å². The molecule has 2 amide bonds. The number of hydrogen-bond donors (Lipinski definition) is 1. The van der Waals surface area contributed by atoms with Gasteiger partial charge in [0.05, 0.1) is 0 Å². The van der Waals surface area contributed by atoms with Gasteiger partial charge in [-0.15, -0.1) is 0 Å². The molecule has 4 rings (SSSR count). The summed E-state index contributed by atoms with van der Waals surface area (Å²) in [5, 5.41) is 3.04. The van der Waals surface area contributed by atoms with Crippen molar-refractivity contribution in [2.45, 2.75) is 19.8 Å². The van der Waals surface area contributed by atoms with Crippen LogP contribution in [0.5, 0.6) is 0 Å². The number of halogens is 1. The minimum Gasteiger partial charge on any atom is -0.371 e. The lowest BCUT2D eigenvalue weighted by molar-refractivity contribution is -0.116. The van der Waals surface area contributed by atoms with Crippen molar-refractivity contribution in [2.75, 3.05) is 36.0 Å². The van der Waals surface area contributed by atoms with E-state index in [0.29, 0.717) is 24.6 Å². The molecule has 146 valence electrons. The van der Waals surface area contributed by atoms with E-state index in [1.807, 2.05) is 12.1 Å². The fourth-order valence-electron chi connectivity index (χ4n) is 4.09. The first-order chi connectivity index (χ1) is 13.5. The number of anilines is 2. The Labute approximate surface area is 164 Å². The molecular weight excluding hydrogens is 357 g/mol. The standard InChI is InChI=1S/C22H24FN3O2/c1-15(27)26-11-9-17-12-18(2-7-21(17)26)22(28)24-13-16-8-10-25(14-16)20-5-3-19(23)4-6-20/h2-7,12,16H,8-11,13-14H2,1H3,(H,24,28). The molecule has 1 fully saturated rings. The Bertz CT molecular complexity index is 897. The fourth-order valence-corrected chi connectivity index (χ4v) is 4.09. The molecule has 0 saturated carbocycles. The molecule has 6 heteroatoms. The highest BCUT2D eigenvalue weighted by molar-refractivity contribution is 5.97. The molecule has 2 aromatic rings. The number of carbonyl (C=O) groups excluding carboxylic acids is 2. The molecular formula is C22H24FN3O2. The van der Waals surface area contributed by atoms with Crippen molar-refractivity contribution in [3.8, 4) is 0 Å². The predicted molar refractivity (Wildman–Crippen MR) is 107 cm³/mol. The number of rotatable bonds is 4. The van der Waals surface area contributed by atoms with Crippen LogP contribution in [-0.4, -0.2) is 38.0 Å². The van der Waals surface area contributed by atoms with Gasteiger partial charge in [0.1, 0.15) is 5.82 Å². The van der Waals surface area contributed by atoms with Gasteiger partial charge >= 0.3 is 0 Å². The first kappa shape index (κ1) is 18.5. The van der Waals surface area contributed by atoms with Crippen molar-refractivity contribution < 1.29 is 14.0 Å². The summed E-state index contributed by atoms with van der Waals surface area (Å²) in [6.45, 7) is 4.62. The number of carbonyl (C=O) groups is 2. The maximum atomic E-state index is 13.1. The van der Waals surface area contributed by atoms with Crippen molar-refractivity contribution in [3.05, 3.63) is 59.4 Å². The second-order valence-electron chi connectivity index (χ2n) is 7.55. The average molecular weight is 381 g/mol. The normalized spacial score (nSPS) is 18.3. The highest BCUT2D eigenvalue weighted by atomic mass is 19.1. The highest BCUT2D eigenvalue weighted by Gasteiger charge is 2.25. The van der Waals surface area contributed by atoms with Gasteiger partial charge in [0.25, 0.3) is 5.91 Å². The van der Waals surface area contributed by atoms with E-state index in [2.05, 4.69) is 10.2 Å². The van der Waals surface area contributed by atoms with E-state index in [4.69, 9.17) is 0 Å². The van der Waals surface area contributed by atoms with Crippen LogP contribution in [0.1, 0.15) is 29.3 Å². The van der Waals surface area contributed by atoms with Crippen LogP contribution in [0.3, 0.4) is 0 Å². The van der Waals surface area contributed by atoms with Gasteiger partial charge in [-0.3, -0.25) is 9.59 Å². The Morgan fingerprint density at radius 1 is 1.14 bits per heavy atom. The number of nitrogens with one attached hydrogen (secondary N) is 1. The summed E-state index contributed by atoms with van der Waals surface area (Å²) in [5.74, 6) is 0.0939. The number of nitrogens with zero attached hydrogens (tertiary/aromatic N) is 2. The molecule has 2 aromatic carbocycles. The summed E-state index contributed by atoms with van der Waals surface area (Å²) in [5.41, 5.74) is 3.61. The van der Waals surface area contributed by atoms with Gasteiger partial charge in [-0.25, -0.2) is 4.39 Å². The summed E-state index contributed by atoms with van der Waals surface area (Å²) in [6.07, 6.45) is 1.78. The Kier molecular flexibility index (Phi) is 5.03. The SMILES string of the molecule is CC(=O)N1CCc2cc(C(=O)NCC3CCN(c4ccc(F)cc4)C3)ccc21. The summed E-state index contributed by atoms with van der Waals surface area (Å²) >= 11 is 0. The molecule has 1 N–H and O–H groups in total. The smallest absolute Gasteiger partial charge is 0.251 e. The fraction of sp³-hybridized carbons (Fsp3) is 0.364.